The zero-order valence-corrected chi connectivity index (χ0v) is 10.6. The van der Waals surface area contributed by atoms with E-state index in [0.29, 0.717) is 0 Å². The number of aliphatic hydroxyl groups is 1. The highest BCUT2D eigenvalue weighted by Gasteiger charge is 2.20. The number of rotatable bonds is 3. The van der Waals surface area contributed by atoms with Crippen molar-refractivity contribution in [2.45, 2.75) is 38.3 Å². The molecule has 2 heterocycles. The molecular formula is C14H17NOS. The minimum absolute atomic E-state index is 0.235. The van der Waals surface area contributed by atoms with Crippen LogP contribution in [0.5, 0.6) is 0 Å². The monoisotopic (exact) mass is 247 g/mol. The zero-order chi connectivity index (χ0) is 11.7. The molecule has 3 heteroatoms. The second kappa shape index (κ2) is 4.67. The van der Waals surface area contributed by atoms with Gasteiger partial charge in [0.25, 0.3) is 0 Å². The molecule has 0 aromatic carbocycles. The van der Waals surface area contributed by atoms with Gasteiger partial charge in [-0.25, -0.2) is 0 Å². The molecular weight excluding hydrogens is 230 g/mol. The number of nitrogens with zero attached hydrogens (tertiary/aromatic N) is 1. The van der Waals surface area contributed by atoms with Crippen molar-refractivity contribution >= 4 is 11.3 Å². The van der Waals surface area contributed by atoms with Gasteiger partial charge in [-0.2, -0.15) is 0 Å². The summed E-state index contributed by atoms with van der Waals surface area (Å²) >= 11 is 1.82. The van der Waals surface area contributed by atoms with E-state index in [1.165, 1.54) is 10.6 Å². The Labute approximate surface area is 106 Å². The molecule has 1 atom stereocenters. The van der Waals surface area contributed by atoms with Crippen LogP contribution >= 0.6 is 11.3 Å². The molecule has 90 valence electrons. The van der Waals surface area contributed by atoms with E-state index < -0.39 is 0 Å². The van der Waals surface area contributed by atoms with E-state index in [2.05, 4.69) is 34.3 Å². The number of hydrogen-bond acceptors (Lipinski definition) is 2. The molecule has 0 aliphatic heterocycles. The Morgan fingerprint density at radius 3 is 3.18 bits per heavy atom. The molecule has 0 amide bonds. The molecule has 1 N–H and O–H groups in total. The number of aromatic nitrogens is 1. The van der Waals surface area contributed by atoms with Gasteiger partial charge in [-0.3, -0.25) is 0 Å². The Hall–Kier alpha value is -1.06. The van der Waals surface area contributed by atoms with Crippen LogP contribution in [0, 0.1) is 0 Å². The summed E-state index contributed by atoms with van der Waals surface area (Å²) in [6, 6.07) is 6.39. The summed E-state index contributed by atoms with van der Waals surface area (Å²) in [5.74, 6) is 0. The Bertz CT molecular complexity index is 486. The molecule has 3 rings (SSSR count). The first kappa shape index (κ1) is 11.1. The Kier molecular flexibility index (Phi) is 3.04. The van der Waals surface area contributed by atoms with Crippen LogP contribution in [0.25, 0.3) is 0 Å². The first-order valence-electron chi connectivity index (χ1n) is 6.23. The molecule has 17 heavy (non-hydrogen) atoms. The lowest BCUT2D eigenvalue weighted by molar-refractivity contribution is 0.155. The van der Waals surface area contributed by atoms with Crippen molar-refractivity contribution < 1.29 is 5.11 Å². The summed E-state index contributed by atoms with van der Waals surface area (Å²) in [7, 11) is 0. The minimum Gasteiger partial charge on any atom is -0.388 e. The van der Waals surface area contributed by atoms with Crippen molar-refractivity contribution in [2.75, 3.05) is 0 Å². The molecule has 0 radical (unpaired) electrons. The maximum Gasteiger partial charge on any atom is 0.0807 e. The largest absolute Gasteiger partial charge is 0.388 e. The van der Waals surface area contributed by atoms with Crippen LogP contribution in [-0.4, -0.2) is 9.67 Å². The van der Waals surface area contributed by atoms with E-state index in [9.17, 15) is 5.11 Å². The maximum absolute atomic E-state index is 9.92. The van der Waals surface area contributed by atoms with Crippen molar-refractivity contribution in [3.63, 3.8) is 0 Å². The predicted octanol–water partition coefficient (Wildman–Crippen LogP) is 3.16. The molecule has 1 aliphatic rings. The quantitative estimate of drug-likeness (QED) is 0.885. The van der Waals surface area contributed by atoms with Crippen molar-refractivity contribution in [3.8, 4) is 0 Å². The number of thiophene rings is 1. The zero-order valence-electron chi connectivity index (χ0n) is 9.80. The van der Waals surface area contributed by atoms with Crippen LogP contribution < -0.4 is 0 Å². The van der Waals surface area contributed by atoms with Gasteiger partial charge in [0.05, 0.1) is 6.10 Å². The Balaban J connectivity index is 1.75. The fraction of sp³-hybridized carbons (Fsp3) is 0.429. The minimum atomic E-state index is -0.235. The van der Waals surface area contributed by atoms with Crippen molar-refractivity contribution in [3.05, 3.63) is 45.9 Å². The van der Waals surface area contributed by atoms with Gasteiger partial charge in [-0.1, -0.05) is 6.07 Å². The van der Waals surface area contributed by atoms with E-state index in [1.807, 2.05) is 11.3 Å². The van der Waals surface area contributed by atoms with E-state index in [0.717, 1.165) is 37.8 Å². The second-order valence-electron chi connectivity index (χ2n) is 4.65. The Morgan fingerprint density at radius 2 is 2.35 bits per heavy atom. The molecule has 1 aliphatic carbocycles. The van der Waals surface area contributed by atoms with Gasteiger partial charge in [0.1, 0.15) is 0 Å². The predicted molar refractivity (Wildman–Crippen MR) is 70.4 cm³/mol. The van der Waals surface area contributed by atoms with Gasteiger partial charge >= 0.3 is 0 Å². The van der Waals surface area contributed by atoms with Gasteiger partial charge in [0.2, 0.25) is 0 Å². The highest BCUT2D eigenvalue weighted by Crippen LogP contribution is 2.30. The second-order valence-corrected chi connectivity index (χ2v) is 5.68. The highest BCUT2D eigenvalue weighted by molar-refractivity contribution is 7.09. The lowest BCUT2D eigenvalue weighted by atomic mass is 9.95. The normalized spacial score (nSPS) is 19.2. The van der Waals surface area contributed by atoms with Gasteiger partial charge in [0, 0.05) is 28.9 Å². The lowest BCUT2D eigenvalue weighted by Gasteiger charge is -2.20. The molecule has 0 spiro atoms. The summed E-state index contributed by atoms with van der Waals surface area (Å²) in [5.41, 5.74) is 2.50. The first-order valence-corrected chi connectivity index (χ1v) is 7.11. The van der Waals surface area contributed by atoms with Gasteiger partial charge < -0.3 is 9.67 Å². The van der Waals surface area contributed by atoms with Crippen molar-refractivity contribution in [2.24, 2.45) is 0 Å². The average Bonchev–Trinajstić information content (AvgIpc) is 2.95. The smallest absolute Gasteiger partial charge is 0.0807 e. The highest BCUT2D eigenvalue weighted by atomic mass is 32.1. The summed E-state index contributed by atoms with van der Waals surface area (Å²) in [5, 5.41) is 12.0. The van der Waals surface area contributed by atoms with Crippen LogP contribution in [0.3, 0.4) is 0 Å². The summed E-state index contributed by atoms with van der Waals surface area (Å²) in [6.45, 7) is 1.03. The first-order chi connectivity index (χ1) is 8.34. The van der Waals surface area contributed by atoms with E-state index >= 15 is 0 Å². The summed E-state index contributed by atoms with van der Waals surface area (Å²) in [4.78, 5) is 1.43. The Morgan fingerprint density at radius 1 is 1.41 bits per heavy atom. The SMILES string of the molecule is OC1CCCc2c1ccn2CCc1cccs1. The van der Waals surface area contributed by atoms with Gasteiger partial charge in [-0.15, -0.1) is 11.3 Å². The molecule has 0 saturated heterocycles. The molecule has 1 unspecified atom stereocenters. The van der Waals surface area contributed by atoms with E-state index in [1.54, 1.807) is 0 Å². The van der Waals surface area contributed by atoms with E-state index in [-0.39, 0.29) is 6.10 Å². The molecule has 0 fully saturated rings. The third-order valence-electron chi connectivity index (χ3n) is 3.54. The van der Waals surface area contributed by atoms with Crippen LogP contribution in [-0.2, 0) is 19.4 Å². The average molecular weight is 247 g/mol. The fourth-order valence-electron chi connectivity index (χ4n) is 2.63. The lowest BCUT2D eigenvalue weighted by Crippen LogP contribution is -2.12. The third kappa shape index (κ3) is 2.17. The van der Waals surface area contributed by atoms with Crippen molar-refractivity contribution in [1.82, 2.24) is 4.57 Å². The third-order valence-corrected chi connectivity index (χ3v) is 4.48. The van der Waals surface area contributed by atoms with Gasteiger partial charge in [-0.05, 0) is 43.2 Å². The van der Waals surface area contributed by atoms with E-state index in [4.69, 9.17) is 0 Å². The summed E-state index contributed by atoms with van der Waals surface area (Å²) in [6.07, 6.45) is 6.13. The number of aryl methyl sites for hydroxylation is 2. The summed E-state index contributed by atoms with van der Waals surface area (Å²) < 4.78 is 2.32. The van der Waals surface area contributed by atoms with Crippen LogP contribution in [0.4, 0.5) is 0 Å². The molecule has 0 bridgehead atoms. The van der Waals surface area contributed by atoms with Crippen LogP contribution in [0.2, 0.25) is 0 Å². The number of aliphatic hydroxyl groups excluding tert-OH is 1. The van der Waals surface area contributed by atoms with Crippen molar-refractivity contribution in [1.29, 1.82) is 0 Å². The topological polar surface area (TPSA) is 25.2 Å². The fourth-order valence-corrected chi connectivity index (χ4v) is 3.33. The molecule has 2 nitrogen and oxygen atoms in total. The van der Waals surface area contributed by atoms with Gasteiger partial charge in [0.15, 0.2) is 0 Å². The number of fused-ring (bicyclic) bond motifs is 1. The number of hydrogen-bond donors (Lipinski definition) is 1. The molecule has 0 saturated carbocycles. The van der Waals surface area contributed by atoms with Crippen LogP contribution in [0.15, 0.2) is 29.8 Å². The molecule has 2 aromatic heterocycles. The van der Waals surface area contributed by atoms with Crippen LogP contribution in [0.1, 0.15) is 35.1 Å². The molecule has 2 aromatic rings. The maximum atomic E-state index is 9.92. The standard InChI is InChI=1S/C14H17NOS/c16-14-5-1-4-13-12(14)7-9-15(13)8-6-11-3-2-10-17-11/h2-3,7,9-10,14,16H,1,4-6,8H2.